The standard InChI is InChI=1S/C16H30N4O/c1-5-13-11-14(19(4)18-13)12-15(17)16(3,6-2)20-7-9-21-10-8-20/h11,15H,5-10,12,17H2,1-4H3. The fourth-order valence-electron chi connectivity index (χ4n) is 3.17. The number of ether oxygens (including phenoxy) is 1. The van der Waals surface area contributed by atoms with Crippen molar-refractivity contribution in [3.63, 3.8) is 0 Å². The molecule has 1 aliphatic rings. The van der Waals surface area contributed by atoms with Gasteiger partial charge in [-0.2, -0.15) is 5.10 Å². The van der Waals surface area contributed by atoms with E-state index in [-0.39, 0.29) is 11.6 Å². The molecule has 1 aromatic rings. The van der Waals surface area contributed by atoms with Crippen molar-refractivity contribution in [2.75, 3.05) is 26.3 Å². The van der Waals surface area contributed by atoms with Crippen LogP contribution in [0.1, 0.15) is 38.6 Å². The molecule has 0 spiro atoms. The first-order valence-electron chi connectivity index (χ1n) is 8.11. The summed E-state index contributed by atoms with van der Waals surface area (Å²) in [6, 6.07) is 2.29. The van der Waals surface area contributed by atoms with Crippen LogP contribution >= 0.6 is 0 Å². The minimum atomic E-state index is 0.0143. The number of aromatic nitrogens is 2. The highest BCUT2D eigenvalue weighted by Gasteiger charge is 2.37. The minimum absolute atomic E-state index is 0.0143. The van der Waals surface area contributed by atoms with E-state index in [2.05, 4.69) is 36.8 Å². The minimum Gasteiger partial charge on any atom is -0.379 e. The lowest BCUT2D eigenvalue weighted by Crippen LogP contribution is -2.61. The van der Waals surface area contributed by atoms with Crippen LogP contribution in [-0.2, 0) is 24.6 Å². The van der Waals surface area contributed by atoms with Gasteiger partial charge in [0, 0.05) is 43.8 Å². The number of hydrogen-bond acceptors (Lipinski definition) is 4. The Morgan fingerprint density at radius 2 is 2.05 bits per heavy atom. The van der Waals surface area contributed by atoms with Crippen LogP contribution in [0.3, 0.4) is 0 Å². The Bertz CT molecular complexity index is 453. The molecule has 1 saturated heterocycles. The zero-order valence-electron chi connectivity index (χ0n) is 13.9. The van der Waals surface area contributed by atoms with Crippen molar-refractivity contribution in [2.24, 2.45) is 12.8 Å². The summed E-state index contributed by atoms with van der Waals surface area (Å²) in [6.45, 7) is 10.2. The number of hydrogen-bond donors (Lipinski definition) is 1. The molecule has 5 nitrogen and oxygen atoms in total. The van der Waals surface area contributed by atoms with Crippen molar-refractivity contribution in [3.05, 3.63) is 17.5 Å². The van der Waals surface area contributed by atoms with Gasteiger partial charge in [0.1, 0.15) is 0 Å². The lowest BCUT2D eigenvalue weighted by atomic mass is 9.84. The van der Waals surface area contributed by atoms with Crippen molar-refractivity contribution in [1.29, 1.82) is 0 Å². The first kappa shape index (κ1) is 16.5. The lowest BCUT2D eigenvalue weighted by Gasteiger charge is -2.46. The third-order valence-electron chi connectivity index (χ3n) is 5.07. The molecule has 0 radical (unpaired) electrons. The van der Waals surface area contributed by atoms with E-state index in [0.29, 0.717) is 0 Å². The molecule has 2 N–H and O–H groups in total. The molecule has 2 atom stereocenters. The molecule has 0 aliphatic carbocycles. The van der Waals surface area contributed by atoms with Crippen molar-refractivity contribution >= 4 is 0 Å². The SMILES string of the molecule is CCc1cc(CC(N)C(C)(CC)N2CCOCC2)n(C)n1. The summed E-state index contributed by atoms with van der Waals surface area (Å²) in [5, 5.41) is 4.53. The maximum Gasteiger partial charge on any atom is 0.0624 e. The average molecular weight is 294 g/mol. The fraction of sp³-hybridized carbons (Fsp3) is 0.812. The largest absolute Gasteiger partial charge is 0.379 e. The number of morpholine rings is 1. The molecule has 1 aromatic heterocycles. The van der Waals surface area contributed by atoms with E-state index in [9.17, 15) is 0 Å². The Morgan fingerprint density at radius 1 is 1.38 bits per heavy atom. The van der Waals surface area contributed by atoms with Gasteiger partial charge in [-0.3, -0.25) is 9.58 Å². The summed E-state index contributed by atoms with van der Waals surface area (Å²) < 4.78 is 7.46. The quantitative estimate of drug-likeness (QED) is 0.860. The number of aryl methyl sites for hydroxylation is 2. The molecule has 5 heteroatoms. The molecule has 21 heavy (non-hydrogen) atoms. The Labute approximate surface area is 128 Å². The molecular formula is C16H30N4O. The summed E-state index contributed by atoms with van der Waals surface area (Å²) in [4.78, 5) is 2.50. The van der Waals surface area contributed by atoms with E-state index in [0.717, 1.165) is 51.3 Å². The topological polar surface area (TPSA) is 56.3 Å². The summed E-state index contributed by atoms with van der Waals surface area (Å²) in [5.74, 6) is 0. The van der Waals surface area contributed by atoms with Crippen LogP contribution in [0.5, 0.6) is 0 Å². The summed E-state index contributed by atoms with van der Waals surface area (Å²) >= 11 is 0. The van der Waals surface area contributed by atoms with E-state index >= 15 is 0 Å². The second kappa shape index (κ2) is 6.90. The predicted molar refractivity (Wildman–Crippen MR) is 85.4 cm³/mol. The smallest absolute Gasteiger partial charge is 0.0624 e. The molecule has 0 saturated carbocycles. The fourth-order valence-corrected chi connectivity index (χ4v) is 3.17. The second-order valence-corrected chi connectivity index (χ2v) is 6.22. The van der Waals surface area contributed by atoms with Crippen LogP contribution < -0.4 is 5.73 Å². The first-order chi connectivity index (χ1) is 10.0. The van der Waals surface area contributed by atoms with E-state index < -0.39 is 0 Å². The first-order valence-corrected chi connectivity index (χ1v) is 8.11. The van der Waals surface area contributed by atoms with Gasteiger partial charge in [-0.05, 0) is 25.8 Å². The highest BCUT2D eigenvalue weighted by molar-refractivity contribution is 5.13. The molecule has 2 unspecified atom stereocenters. The third kappa shape index (κ3) is 3.47. The lowest BCUT2D eigenvalue weighted by molar-refractivity contribution is -0.0274. The van der Waals surface area contributed by atoms with Gasteiger partial charge in [0.2, 0.25) is 0 Å². The highest BCUT2D eigenvalue weighted by Crippen LogP contribution is 2.26. The highest BCUT2D eigenvalue weighted by atomic mass is 16.5. The Morgan fingerprint density at radius 3 is 2.57 bits per heavy atom. The van der Waals surface area contributed by atoms with Crippen molar-refractivity contribution in [3.8, 4) is 0 Å². The molecule has 120 valence electrons. The third-order valence-corrected chi connectivity index (χ3v) is 5.07. The average Bonchev–Trinajstić information content (AvgIpc) is 2.87. The molecular weight excluding hydrogens is 264 g/mol. The van der Waals surface area contributed by atoms with Gasteiger partial charge in [-0.25, -0.2) is 0 Å². The summed E-state index contributed by atoms with van der Waals surface area (Å²) in [6.07, 6.45) is 2.88. The van der Waals surface area contributed by atoms with Crippen LogP contribution in [0.2, 0.25) is 0 Å². The van der Waals surface area contributed by atoms with Gasteiger partial charge >= 0.3 is 0 Å². The van der Waals surface area contributed by atoms with E-state index in [1.54, 1.807) is 0 Å². The van der Waals surface area contributed by atoms with E-state index in [4.69, 9.17) is 10.5 Å². The van der Waals surface area contributed by atoms with E-state index in [1.807, 2.05) is 11.7 Å². The number of nitrogens with zero attached hydrogens (tertiary/aromatic N) is 3. The van der Waals surface area contributed by atoms with Gasteiger partial charge in [0.15, 0.2) is 0 Å². The van der Waals surface area contributed by atoms with Gasteiger partial charge in [0.25, 0.3) is 0 Å². The van der Waals surface area contributed by atoms with Gasteiger partial charge < -0.3 is 10.5 Å². The summed E-state index contributed by atoms with van der Waals surface area (Å²) in [7, 11) is 2.01. The second-order valence-electron chi connectivity index (χ2n) is 6.22. The Hall–Kier alpha value is -0.910. The van der Waals surface area contributed by atoms with Crippen molar-refractivity contribution < 1.29 is 4.74 Å². The number of nitrogens with two attached hydrogens (primary N) is 1. The maximum atomic E-state index is 6.62. The van der Waals surface area contributed by atoms with Crippen molar-refractivity contribution in [2.45, 2.75) is 51.6 Å². The van der Waals surface area contributed by atoms with Gasteiger partial charge in [-0.15, -0.1) is 0 Å². The molecule has 0 bridgehead atoms. The zero-order chi connectivity index (χ0) is 15.5. The normalized spacial score (nSPS) is 21.2. The van der Waals surface area contributed by atoms with Gasteiger partial charge in [0.05, 0.1) is 18.9 Å². The van der Waals surface area contributed by atoms with Crippen LogP contribution in [0.25, 0.3) is 0 Å². The van der Waals surface area contributed by atoms with E-state index in [1.165, 1.54) is 5.69 Å². The Balaban J connectivity index is 2.11. The van der Waals surface area contributed by atoms with Crippen molar-refractivity contribution in [1.82, 2.24) is 14.7 Å². The zero-order valence-corrected chi connectivity index (χ0v) is 13.9. The van der Waals surface area contributed by atoms with Gasteiger partial charge in [-0.1, -0.05) is 13.8 Å². The molecule has 0 amide bonds. The molecule has 2 heterocycles. The maximum absolute atomic E-state index is 6.62. The monoisotopic (exact) mass is 294 g/mol. The van der Waals surface area contributed by atoms with Crippen LogP contribution in [0, 0.1) is 0 Å². The molecule has 1 aliphatic heterocycles. The molecule has 1 fully saturated rings. The van der Waals surface area contributed by atoms with Crippen LogP contribution in [0.15, 0.2) is 6.07 Å². The predicted octanol–water partition coefficient (Wildman–Crippen LogP) is 1.35. The molecule has 2 rings (SSSR count). The number of rotatable bonds is 6. The molecule has 0 aromatic carbocycles. The van der Waals surface area contributed by atoms with Crippen LogP contribution in [-0.4, -0.2) is 52.6 Å². The van der Waals surface area contributed by atoms with Crippen LogP contribution in [0.4, 0.5) is 0 Å². The summed E-state index contributed by atoms with van der Waals surface area (Å²) in [5.41, 5.74) is 9.01. The Kier molecular flexibility index (Phi) is 5.41.